The molecule has 1 aliphatic rings. The van der Waals surface area contributed by atoms with Gasteiger partial charge in [0.1, 0.15) is 6.61 Å². The van der Waals surface area contributed by atoms with Gasteiger partial charge in [-0.3, -0.25) is 9.69 Å². The molecular weight excluding hydrogens is 328 g/mol. The zero-order valence-electron chi connectivity index (χ0n) is 16.1. The molecule has 1 heterocycles. The van der Waals surface area contributed by atoms with E-state index in [0.717, 1.165) is 38.2 Å². The van der Waals surface area contributed by atoms with Crippen molar-refractivity contribution >= 4 is 18.0 Å². The summed E-state index contributed by atoms with van der Waals surface area (Å²) >= 11 is 0. The van der Waals surface area contributed by atoms with Gasteiger partial charge in [-0.1, -0.05) is 43.7 Å². The van der Waals surface area contributed by atoms with Crippen molar-refractivity contribution in [1.82, 2.24) is 9.80 Å². The number of aryl methyl sites for hydroxylation is 1. The molecule has 1 saturated heterocycles. The molecule has 1 unspecified atom stereocenters. The predicted octanol–water partition coefficient (Wildman–Crippen LogP) is 2.74. The first kappa shape index (κ1) is 20.2. The Morgan fingerprint density at radius 1 is 1.15 bits per heavy atom. The van der Waals surface area contributed by atoms with Crippen molar-refractivity contribution in [1.29, 1.82) is 0 Å². The highest BCUT2D eigenvalue weighted by atomic mass is 16.5. The second kappa shape index (κ2) is 10.1. The zero-order chi connectivity index (χ0) is 18.9. The average molecular weight is 358 g/mol. The standard InChI is InChI=1S/C21H30N2O3/c1-4-18(3)21(25)23-13-11-22(12-14-23)15-16-26-20(24)10-9-19-7-5-17(2)6-8-19/h5-10,18H,4,11-16H2,1-3H3/b10-9+. The Labute approximate surface area is 156 Å². The van der Waals surface area contributed by atoms with Crippen LogP contribution in [0.1, 0.15) is 31.4 Å². The maximum atomic E-state index is 12.2. The molecule has 0 aliphatic carbocycles. The molecule has 0 bridgehead atoms. The summed E-state index contributed by atoms with van der Waals surface area (Å²) in [7, 11) is 0. The molecule has 0 spiro atoms. The highest BCUT2D eigenvalue weighted by molar-refractivity contribution is 5.87. The van der Waals surface area contributed by atoms with Crippen LogP contribution in [0.3, 0.4) is 0 Å². The lowest BCUT2D eigenvalue weighted by Crippen LogP contribution is -2.50. The number of ether oxygens (including phenoxy) is 1. The Balaban J connectivity index is 1.65. The molecule has 5 heteroatoms. The van der Waals surface area contributed by atoms with E-state index in [1.54, 1.807) is 6.08 Å². The number of carbonyl (C=O) groups excluding carboxylic acids is 2. The third-order valence-electron chi connectivity index (χ3n) is 4.86. The number of amides is 1. The normalized spacial score (nSPS) is 16.7. The van der Waals surface area contributed by atoms with Crippen molar-refractivity contribution in [2.45, 2.75) is 27.2 Å². The Morgan fingerprint density at radius 3 is 2.42 bits per heavy atom. The summed E-state index contributed by atoms with van der Waals surface area (Å²) in [5, 5.41) is 0. The monoisotopic (exact) mass is 358 g/mol. The van der Waals surface area contributed by atoms with Crippen LogP contribution in [0, 0.1) is 12.8 Å². The number of carbonyl (C=O) groups is 2. The molecule has 0 saturated carbocycles. The van der Waals surface area contributed by atoms with Gasteiger partial charge in [-0.15, -0.1) is 0 Å². The van der Waals surface area contributed by atoms with E-state index >= 15 is 0 Å². The van der Waals surface area contributed by atoms with Gasteiger partial charge in [0, 0.05) is 44.7 Å². The van der Waals surface area contributed by atoms with E-state index in [9.17, 15) is 9.59 Å². The first-order chi connectivity index (χ1) is 12.5. The quantitative estimate of drug-likeness (QED) is 0.555. The molecule has 1 amide bonds. The molecule has 26 heavy (non-hydrogen) atoms. The Kier molecular flexibility index (Phi) is 7.85. The lowest BCUT2D eigenvalue weighted by atomic mass is 10.1. The van der Waals surface area contributed by atoms with E-state index in [1.807, 2.05) is 49.9 Å². The van der Waals surface area contributed by atoms with Gasteiger partial charge in [-0.25, -0.2) is 4.79 Å². The van der Waals surface area contributed by atoms with Gasteiger partial charge in [0.15, 0.2) is 0 Å². The molecule has 2 rings (SSSR count). The summed E-state index contributed by atoms with van der Waals surface area (Å²) in [6.45, 7) is 10.3. The third kappa shape index (κ3) is 6.30. The maximum absolute atomic E-state index is 12.2. The molecule has 0 N–H and O–H groups in total. The number of nitrogens with zero attached hydrogens (tertiary/aromatic N) is 2. The van der Waals surface area contributed by atoms with Crippen LogP contribution in [0.5, 0.6) is 0 Å². The van der Waals surface area contributed by atoms with Gasteiger partial charge in [0.25, 0.3) is 0 Å². The van der Waals surface area contributed by atoms with Crippen LogP contribution in [-0.4, -0.2) is 61.0 Å². The molecular formula is C21H30N2O3. The van der Waals surface area contributed by atoms with Crippen molar-refractivity contribution in [3.63, 3.8) is 0 Å². The van der Waals surface area contributed by atoms with Crippen LogP contribution in [0.4, 0.5) is 0 Å². The minimum atomic E-state index is -0.323. The number of esters is 1. The smallest absolute Gasteiger partial charge is 0.330 e. The SMILES string of the molecule is CCC(C)C(=O)N1CCN(CCOC(=O)/C=C/c2ccc(C)cc2)CC1. The highest BCUT2D eigenvalue weighted by Gasteiger charge is 2.23. The summed E-state index contributed by atoms with van der Waals surface area (Å²) in [4.78, 5) is 28.1. The van der Waals surface area contributed by atoms with Crippen LogP contribution in [0.2, 0.25) is 0 Å². The van der Waals surface area contributed by atoms with Crippen molar-refractivity contribution in [3.8, 4) is 0 Å². The van der Waals surface area contributed by atoms with E-state index < -0.39 is 0 Å². The van der Waals surface area contributed by atoms with Crippen LogP contribution in [0.15, 0.2) is 30.3 Å². The minimum absolute atomic E-state index is 0.0998. The topological polar surface area (TPSA) is 49.9 Å². The van der Waals surface area contributed by atoms with Gasteiger partial charge in [0.05, 0.1) is 0 Å². The van der Waals surface area contributed by atoms with Gasteiger partial charge in [0.2, 0.25) is 5.91 Å². The van der Waals surface area contributed by atoms with Gasteiger partial charge >= 0.3 is 5.97 Å². The van der Waals surface area contributed by atoms with E-state index in [2.05, 4.69) is 4.90 Å². The van der Waals surface area contributed by atoms with Gasteiger partial charge in [-0.05, 0) is 25.0 Å². The third-order valence-corrected chi connectivity index (χ3v) is 4.86. The molecule has 1 atom stereocenters. The number of hydrogen-bond acceptors (Lipinski definition) is 4. The fourth-order valence-corrected chi connectivity index (χ4v) is 2.84. The van der Waals surface area contributed by atoms with Crippen molar-refractivity contribution < 1.29 is 14.3 Å². The largest absolute Gasteiger partial charge is 0.461 e. The Hall–Kier alpha value is -2.14. The summed E-state index contributed by atoms with van der Waals surface area (Å²) < 4.78 is 5.27. The molecule has 1 aromatic carbocycles. The lowest BCUT2D eigenvalue weighted by molar-refractivity contribution is -0.138. The number of benzene rings is 1. The molecule has 1 aliphatic heterocycles. The van der Waals surface area contributed by atoms with Crippen molar-refractivity contribution in [2.75, 3.05) is 39.3 Å². The van der Waals surface area contributed by atoms with Crippen LogP contribution < -0.4 is 0 Å². The number of piperazine rings is 1. The molecule has 0 radical (unpaired) electrons. The summed E-state index contributed by atoms with van der Waals surface area (Å²) in [6, 6.07) is 7.96. The molecule has 0 aromatic heterocycles. The lowest BCUT2D eigenvalue weighted by Gasteiger charge is -2.35. The predicted molar refractivity (Wildman–Crippen MR) is 104 cm³/mol. The minimum Gasteiger partial charge on any atom is -0.461 e. The first-order valence-electron chi connectivity index (χ1n) is 9.42. The maximum Gasteiger partial charge on any atom is 0.330 e. The fourth-order valence-electron chi connectivity index (χ4n) is 2.84. The second-order valence-corrected chi connectivity index (χ2v) is 6.89. The van der Waals surface area contributed by atoms with E-state index in [4.69, 9.17) is 4.74 Å². The molecule has 142 valence electrons. The van der Waals surface area contributed by atoms with Crippen molar-refractivity contribution in [2.24, 2.45) is 5.92 Å². The number of hydrogen-bond donors (Lipinski definition) is 0. The van der Waals surface area contributed by atoms with E-state index in [-0.39, 0.29) is 17.8 Å². The Morgan fingerprint density at radius 2 is 1.81 bits per heavy atom. The zero-order valence-corrected chi connectivity index (χ0v) is 16.1. The van der Waals surface area contributed by atoms with Crippen molar-refractivity contribution in [3.05, 3.63) is 41.5 Å². The van der Waals surface area contributed by atoms with Gasteiger partial charge in [-0.2, -0.15) is 0 Å². The van der Waals surface area contributed by atoms with E-state index in [1.165, 1.54) is 11.6 Å². The van der Waals surface area contributed by atoms with Crippen LogP contribution in [0.25, 0.3) is 6.08 Å². The summed E-state index contributed by atoms with van der Waals surface area (Å²) in [6.07, 6.45) is 4.11. The Bertz CT molecular complexity index is 617. The van der Waals surface area contributed by atoms with Gasteiger partial charge < -0.3 is 9.64 Å². The summed E-state index contributed by atoms with van der Waals surface area (Å²) in [5.74, 6) is 0.0267. The van der Waals surface area contributed by atoms with Crippen LogP contribution >= 0.6 is 0 Å². The fraction of sp³-hybridized carbons (Fsp3) is 0.524. The molecule has 1 fully saturated rings. The highest BCUT2D eigenvalue weighted by Crippen LogP contribution is 2.10. The first-order valence-corrected chi connectivity index (χ1v) is 9.42. The molecule has 5 nitrogen and oxygen atoms in total. The van der Waals surface area contributed by atoms with Crippen LogP contribution in [-0.2, 0) is 14.3 Å². The number of rotatable bonds is 7. The average Bonchev–Trinajstić information content (AvgIpc) is 2.67. The second-order valence-electron chi connectivity index (χ2n) is 6.89. The van der Waals surface area contributed by atoms with E-state index in [0.29, 0.717) is 13.2 Å². The molecule has 1 aromatic rings. The summed E-state index contributed by atoms with van der Waals surface area (Å²) in [5.41, 5.74) is 2.17.